The summed E-state index contributed by atoms with van der Waals surface area (Å²) in [6.45, 7) is 4.11. The largest absolute Gasteiger partial charge is 0.349 e. The van der Waals surface area contributed by atoms with Crippen LogP contribution in [0, 0.1) is 6.92 Å². The minimum atomic E-state index is 0.756. The van der Waals surface area contributed by atoms with E-state index < -0.39 is 0 Å². The molecule has 1 heterocycles. The van der Waals surface area contributed by atoms with Crippen LogP contribution < -0.4 is 4.90 Å². The number of thiocarbonyl (C=S) groups is 2. The maximum Gasteiger partial charge on any atom is 0.181 e. The average molecular weight is 341 g/mol. The van der Waals surface area contributed by atoms with Gasteiger partial charge in [-0.25, -0.2) is 0 Å². The molecule has 2 aromatic rings. The summed E-state index contributed by atoms with van der Waals surface area (Å²) in [5, 5.41) is 0.806. The molecule has 1 aliphatic heterocycles. The molecule has 118 valence electrons. The molecule has 1 aliphatic rings. The predicted molar refractivity (Wildman–Crippen MR) is 105 cm³/mol. The van der Waals surface area contributed by atoms with Crippen LogP contribution in [-0.4, -0.2) is 28.1 Å². The summed E-state index contributed by atoms with van der Waals surface area (Å²) in [5.41, 5.74) is 3.28. The minimum Gasteiger partial charge on any atom is -0.349 e. The van der Waals surface area contributed by atoms with E-state index in [-0.39, 0.29) is 0 Å². The van der Waals surface area contributed by atoms with Gasteiger partial charge in [-0.15, -0.1) is 0 Å². The van der Waals surface area contributed by atoms with E-state index in [1.165, 1.54) is 18.4 Å². The molecule has 0 radical (unpaired) electrons. The molecule has 1 saturated heterocycles. The lowest BCUT2D eigenvalue weighted by Gasteiger charge is -2.31. The van der Waals surface area contributed by atoms with Gasteiger partial charge >= 0.3 is 0 Å². The highest BCUT2D eigenvalue weighted by molar-refractivity contribution is 7.82. The van der Waals surface area contributed by atoms with Crippen LogP contribution in [0.2, 0.25) is 0 Å². The Kier molecular flexibility index (Phi) is 5.03. The molecule has 0 aliphatic carbocycles. The van der Waals surface area contributed by atoms with Crippen LogP contribution in [0.15, 0.2) is 54.6 Å². The first-order valence-corrected chi connectivity index (χ1v) is 8.73. The molecule has 0 aromatic heterocycles. The highest BCUT2D eigenvalue weighted by Crippen LogP contribution is 2.23. The van der Waals surface area contributed by atoms with Gasteiger partial charge in [0.1, 0.15) is 4.99 Å². The highest BCUT2D eigenvalue weighted by Gasteiger charge is 2.25. The number of hydrogen-bond donors (Lipinski definition) is 0. The van der Waals surface area contributed by atoms with E-state index in [4.69, 9.17) is 24.4 Å². The maximum absolute atomic E-state index is 5.79. The van der Waals surface area contributed by atoms with Gasteiger partial charge in [-0.2, -0.15) is 0 Å². The Bertz CT molecular complexity index is 689. The van der Waals surface area contributed by atoms with Crippen molar-refractivity contribution >= 4 is 40.2 Å². The third-order valence-corrected chi connectivity index (χ3v) is 4.94. The summed E-state index contributed by atoms with van der Waals surface area (Å²) in [6, 6.07) is 18.5. The number of benzene rings is 2. The van der Waals surface area contributed by atoms with Gasteiger partial charge in [-0.05, 0) is 44.1 Å². The molecule has 1 fully saturated rings. The monoisotopic (exact) mass is 340 g/mol. The van der Waals surface area contributed by atoms with Crippen molar-refractivity contribution in [2.24, 2.45) is 0 Å². The summed E-state index contributed by atoms with van der Waals surface area (Å²) in [7, 11) is 0. The van der Waals surface area contributed by atoms with E-state index in [1.807, 2.05) is 35.2 Å². The first kappa shape index (κ1) is 16.1. The van der Waals surface area contributed by atoms with Crippen LogP contribution in [-0.2, 0) is 0 Å². The zero-order valence-corrected chi connectivity index (χ0v) is 14.9. The van der Waals surface area contributed by atoms with Crippen LogP contribution in [0.5, 0.6) is 0 Å². The van der Waals surface area contributed by atoms with Gasteiger partial charge in [0.15, 0.2) is 5.11 Å². The molecular weight excluding hydrogens is 320 g/mol. The summed E-state index contributed by atoms with van der Waals surface area (Å²) in [4.78, 5) is 5.04. The molecule has 2 aromatic carbocycles. The third-order valence-electron chi connectivity index (χ3n) is 4.08. The van der Waals surface area contributed by atoms with Crippen LogP contribution in [0.4, 0.5) is 5.69 Å². The lowest BCUT2D eigenvalue weighted by atomic mass is 10.1. The average Bonchev–Trinajstić information content (AvgIpc) is 3.12. The highest BCUT2D eigenvalue weighted by atomic mass is 32.1. The summed E-state index contributed by atoms with van der Waals surface area (Å²) < 4.78 is 0. The van der Waals surface area contributed by atoms with Crippen molar-refractivity contribution in [2.45, 2.75) is 19.8 Å². The predicted octanol–water partition coefficient (Wildman–Crippen LogP) is 4.56. The Balaban J connectivity index is 1.97. The van der Waals surface area contributed by atoms with Crippen molar-refractivity contribution in [3.63, 3.8) is 0 Å². The quantitative estimate of drug-likeness (QED) is 0.739. The fourth-order valence-corrected chi connectivity index (χ4v) is 3.53. The SMILES string of the molecule is Cc1ccc(N(C(=S)c2ccccc2)C(=S)N2CCCC2)cc1. The van der Waals surface area contributed by atoms with E-state index in [0.29, 0.717) is 0 Å². The van der Waals surface area contributed by atoms with Gasteiger partial charge in [0.25, 0.3) is 0 Å². The molecular formula is C19H20N2S2. The summed E-state index contributed by atoms with van der Waals surface area (Å²) in [5.74, 6) is 0. The second-order valence-corrected chi connectivity index (χ2v) is 6.57. The number of aryl methyl sites for hydroxylation is 1. The number of nitrogens with zero attached hydrogens (tertiary/aromatic N) is 2. The van der Waals surface area contributed by atoms with Gasteiger partial charge in [-0.3, -0.25) is 4.90 Å². The standard InChI is InChI=1S/C19H20N2S2/c1-15-9-11-17(12-10-15)21(19(23)20-13-5-6-14-20)18(22)16-7-3-2-4-8-16/h2-4,7-12H,5-6,13-14H2,1H3. The van der Waals surface area contributed by atoms with Crippen molar-refractivity contribution in [2.75, 3.05) is 18.0 Å². The number of anilines is 1. The maximum atomic E-state index is 5.79. The Morgan fingerprint density at radius 1 is 0.913 bits per heavy atom. The number of likely N-dealkylation sites (tertiary alicyclic amines) is 1. The smallest absolute Gasteiger partial charge is 0.181 e. The molecule has 0 bridgehead atoms. The normalized spacial score (nSPS) is 13.9. The van der Waals surface area contributed by atoms with Gasteiger partial charge in [0.2, 0.25) is 0 Å². The Morgan fingerprint density at radius 3 is 2.13 bits per heavy atom. The van der Waals surface area contributed by atoms with Crippen molar-refractivity contribution in [3.05, 3.63) is 65.7 Å². The summed E-state index contributed by atoms with van der Waals surface area (Å²) in [6.07, 6.45) is 2.39. The molecule has 0 unspecified atom stereocenters. The van der Waals surface area contributed by atoms with E-state index in [9.17, 15) is 0 Å². The lowest BCUT2D eigenvalue weighted by Crippen LogP contribution is -2.44. The first-order chi connectivity index (χ1) is 11.2. The third kappa shape index (κ3) is 3.59. The van der Waals surface area contributed by atoms with Crippen LogP contribution in [0.1, 0.15) is 24.0 Å². The van der Waals surface area contributed by atoms with Gasteiger partial charge in [-0.1, -0.05) is 60.2 Å². The molecule has 0 N–H and O–H groups in total. The molecule has 0 atom stereocenters. The molecule has 23 heavy (non-hydrogen) atoms. The van der Waals surface area contributed by atoms with Crippen molar-refractivity contribution < 1.29 is 0 Å². The van der Waals surface area contributed by atoms with Gasteiger partial charge in [0, 0.05) is 24.3 Å². The van der Waals surface area contributed by atoms with Crippen molar-refractivity contribution in [3.8, 4) is 0 Å². The van der Waals surface area contributed by atoms with E-state index in [0.717, 1.165) is 34.4 Å². The van der Waals surface area contributed by atoms with Crippen LogP contribution in [0.25, 0.3) is 0 Å². The topological polar surface area (TPSA) is 6.48 Å². The molecule has 0 spiro atoms. The second-order valence-electron chi connectivity index (χ2n) is 5.82. The fourth-order valence-electron chi connectivity index (χ4n) is 2.77. The van der Waals surface area contributed by atoms with Gasteiger partial charge < -0.3 is 4.90 Å². The van der Waals surface area contributed by atoms with Crippen molar-refractivity contribution in [1.29, 1.82) is 0 Å². The molecule has 3 rings (SSSR count). The number of hydrogen-bond acceptors (Lipinski definition) is 2. The van der Waals surface area contributed by atoms with E-state index >= 15 is 0 Å². The lowest BCUT2D eigenvalue weighted by molar-refractivity contribution is 0.523. The van der Waals surface area contributed by atoms with Crippen molar-refractivity contribution in [1.82, 2.24) is 4.90 Å². The fraction of sp³-hybridized carbons (Fsp3) is 0.263. The Labute approximate surface area is 148 Å². The Morgan fingerprint density at radius 2 is 1.52 bits per heavy atom. The molecule has 0 amide bonds. The van der Waals surface area contributed by atoms with Gasteiger partial charge in [0.05, 0.1) is 0 Å². The number of rotatable bonds is 2. The molecule has 0 saturated carbocycles. The van der Waals surface area contributed by atoms with E-state index in [1.54, 1.807) is 0 Å². The first-order valence-electron chi connectivity index (χ1n) is 7.92. The molecule has 2 nitrogen and oxygen atoms in total. The van der Waals surface area contributed by atoms with E-state index in [2.05, 4.69) is 36.1 Å². The molecule has 4 heteroatoms. The van der Waals surface area contributed by atoms with Crippen LogP contribution in [0.3, 0.4) is 0 Å². The summed E-state index contributed by atoms with van der Waals surface area (Å²) >= 11 is 11.6. The minimum absolute atomic E-state index is 0.756. The van der Waals surface area contributed by atoms with Crippen LogP contribution >= 0.6 is 24.4 Å². The second kappa shape index (κ2) is 7.20. The zero-order chi connectivity index (χ0) is 16.2. The Hall–Kier alpha value is -1.78. The zero-order valence-electron chi connectivity index (χ0n) is 13.2.